The number of piperidine rings is 1. The zero-order chi connectivity index (χ0) is 32.1. The second-order valence-electron chi connectivity index (χ2n) is 12.3. The molecular formula is C29H28F8N6O2. The molecule has 1 aromatic carbocycles. The summed E-state index contributed by atoms with van der Waals surface area (Å²) in [5.74, 6) is -2.28. The van der Waals surface area contributed by atoms with Crippen molar-refractivity contribution in [1.82, 2.24) is 19.9 Å². The monoisotopic (exact) mass is 644 g/mol. The van der Waals surface area contributed by atoms with Gasteiger partial charge in [0.1, 0.15) is 29.9 Å². The van der Waals surface area contributed by atoms with Gasteiger partial charge in [-0.15, -0.1) is 0 Å². The van der Waals surface area contributed by atoms with Crippen molar-refractivity contribution < 1.29 is 44.6 Å². The van der Waals surface area contributed by atoms with Gasteiger partial charge in [0.15, 0.2) is 5.82 Å². The van der Waals surface area contributed by atoms with E-state index in [1.165, 1.54) is 0 Å². The maximum absolute atomic E-state index is 16.6. The molecule has 8 nitrogen and oxygen atoms in total. The summed E-state index contributed by atoms with van der Waals surface area (Å²) in [6.45, 7) is 2.32. The van der Waals surface area contributed by atoms with Crippen molar-refractivity contribution in [1.29, 1.82) is 0 Å². The van der Waals surface area contributed by atoms with Gasteiger partial charge in [0, 0.05) is 37.9 Å². The Labute approximate surface area is 251 Å². The van der Waals surface area contributed by atoms with Gasteiger partial charge in [0.25, 0.3) is 0 Å². The highest BCUT2D eigenvalue weighted by molar-refractivity contribution is 5.95. The van der Waals surface area contributed by atoms with Crippen LogP contribution in [0.15, 0.2) is 12.1 Å². The number of morpholine rings is 1. The van der Waals surface area contributed by atoms with Gasteiger partial charge in [-0.2, -0.15) is 36.3 Å². The van der Waals surface area contributed by atoms with E-state index in [0.29, 0.717) is 19.0 Å². The molecule has 0 amide bonds. The Bertz CT molecular complexity index is 1670. The minimum Gasteiger partial charge on any atom is -0.461 e. The molecule has 2 bridgehead atoms. The van der Waals surface area contributed by atoms with Crippen LogP contribution in [-0.4, -0.2) is 76.6 Å². The van der Waals surface area contributed by atoms with Crippen LogP contribution in [0.25, 0.3) is 22.2 Å². The Morgan fingerprint density at radius 1 is 1.04 bits per heavy atom. The van der Waals surface area contributed by atoms with Crippen LogP contribution < -0.4 is 15.4 Å². The van der Waals surface area contributed by atoms with Gasteiger partial charge in [-0.25, -0.2) is 13.8 Å². The van der Waals surface area contributed by atoms with E-state index in [1.807, 2.05) is 4.90 Å². The summed E-state index contributed by atoms with van der Waals surface area (Å²) < 4.78 is 129. The Balaban J connectivity index is 1.43. The van der Waals surface area contributed by atoms with E-state index in [9.17, 15) is 30.7 Å². The molecule has 45 heavy (non-hydrogen) atoms. The summed E-state index contributed by atoms with van der Waals surface area (Å²) in [6.07, 6.45) is -9.62. The molecule has 8 rings (SSSR count). The van der Waals surface area contributed by atoms with Crippen molar-refractivity contribution in [3.8, 4) is 17.3 Å². The van der Waals surface area contributed by atoms with Gasteiger partial charge < -0.3 is 20.1 Å². The predicted molar refractivity (Wildman–Crippen MR) is 146 cm³/mol. The third-order valence-electron chi connectivity index (χ3n) is 9.24. The molecule has 5 aliphatic heterocycles. The number of pyridine rings is 1. The van der Waals surface area contributed by atoms with Crippen LogP contribution in [-0.2, 0) is 17.1 Å². The maximum Gasteiger partial charge on any atom is 0.418 e. The van der Waals surface area contributed by atoms with Crippen LogP contribution >= 0.6 is 0 Å². The number of aromatic nitrogens is 3. The van der Waals surface area contributed by atoms with Gasteiger partial charge in [-0.05, 0) is 44.0 Å². The molecule has 2 N–H and O–H groups in total. The Hall–Kier alpha value is -3.53. The lowest BCUT2D eigenvalue weighted by Crippen LogP contribution is -2.57. The normalized spacial score (nSPS) is 26.8. The molecule has 7 heterocycles. The molecule has 0 spiro atoms. The fourth-order valence-corrected chi connectivity index (χ4v) is 7.36. The minimum absolute atomic E-state index is 0.0595. The van der Waals surface area contributed by atoms with Crippen LogP contribution in [0.1, 0.15) is 42.4 Å². The summed E-state index contributed by atoms with van der Waals surface area (Å²) in [7, 11) is 0. The van der Waals surface area contributed by atoms with Crippen molar-refractivity contribution in [3.63, 3.8) is 0 Å². The van der Waals surface area contributed by atoms with Crippen LogP contribution in [0.4, 0.5) is 46.8 Å². The van der Waals surface area contributed by atoms with E-state index in [2.05, 4.69) is 15.0 Å². The third-order valence-corrected chi connectivity index (χ3v) is 9.24. The predicted octanol–water partition coefficient (Wildman–Crippen LogP) is 5.69. The molecule has 0 saturated carbocycles. The molecule has 2 aromatic heterocycles. The number of benzene rings is 1. The fraction of sp³-hybridized carbons (Fsp3) is 0.552. The highest BCUT2D eigenvalue weighted by Crippen LogP contribution is 2.48. The largest absolute Gasteiger partial charge is 0.461 e. The van der Waals surface area contributed by atoms with Crippen molar-refractivity contribution in [2.24, 2.45) is 0 Å². The Morgan fingerprint density at radius 2 is 1.76 bits per heavy atom. The number of hydrogen-bond acceptors (Lipinski definition) is 8. The number of anilines is 2. The van der Waals surface area contributed by atoms with Crippen LogP contribution in [0.5, 0.6) is 6.01 Å². The molecule has 4 atom stereocenters. The molecule has 3 aromatic rings. The van der Waals surface area contributed by atoms with Crippen LogP contribution in [0, 0.1) is 12.7 Å². The number of nitrogens with zero attached hydrogens (tertiary/aromatic N) is 5. The first-order valence-corrected chi connectivity index (χ1v) is 14.5. The van der Waals surface area contributed by atoms with Crippen molar-refractivity contribution in [2.45, 2.75) is 68.9 Å². The van der Waals surface area contributed by atoms with Crippen LogP contribution in [0.2, 0.25) is 0 Å². The average molecular weight is 645 g/mol. The molecule has 0 aliphatic carbocycles. The van der Waals surface area contributed by atoms with Crippen LogP contribution in [0.3, 0.4) is 0 Å². The minimum atomic E-state index is -5.30. The molecular weight excluding hydrogens is 616 g/mol. The van der Waals surface area contributed by atoms with Crippen molar-refractivity contribution in [3.05, 3.63) is 34.6 Å². The number of ether oxygens (including phenoxy) is 2. The SMILES string of the molecule is Cc1cc(N)nc(-c2c(C(F)(F)F)cc3c(N4CC5CC(C4)O5)nc(OCC45CCCN4CC(F)C5)nc3c2F)c1C(F)(F)F. The molecule has 0 radical (unpaired) electrons. The number of nitrogen functional groups attached to an aromatic ring is 1. The van der Waals surface area contributed by atoms with Gasteiger partial charge in [0.2, 0.25) is 0 Å². The molecule has 5 fully saturated rings. The zero-order valence-electron chi connectivity index (χ0n) is 23.9. The smallest absolute Gasteiger partial charge is 0.418 e. The molecule has 242 valence electrons. The number of fused-ring (bicyclic) bond motifs is 4. The summed E-state index contributed by atoms with van der Waals surface area (Å²) >= 11 is 0. The summed E-state index contributed by atoms with van der Waals surface area (Å²) in [4.78, 5) is 15.7. The lowest BCUT2D eigenvalue weighted by atomic mass is 9.93. The topological polar surface area (TPSA) is 89.6 Å². The molecule has 5 aliphatic rings. The lowest BCUT2D eigenvalue weighted by molar-refractivity contribution is -0.139. The number of halogens is 8. The van der Waals surface area contributed by atoms with E-state index in [1.54, 1.807) is 4.90 Å². The van der Waals surface area contributed by atoms with Gasteiger partial charge in [-0.1, -0.05) is 0 Å². The van der Waals surface area contributed by atoms with E-state index in [0.717, 1.165) is 25.8 Å². The third kappa shape index (κ3) is 5.09. The molecule has 4 unspecified atom stereocenters. The van der Waals surface area contributed by atoms with E-state index < -0.39 is 75.2 Å². The van der Waals surface area contributed by atoms with Gasteiger partial charge in [0.05, 0.1) is 40.1 Å². The van der Waals surface area contributed by atoms with Gasteiger partial charge in [-0.3, -0.25) is 4.90 Å². The number of aryl methyl sites for hydroxylation is 1. The highest BCUT2D eigenvalue weighted by Gasteiger charge is 2.50. The van der Waals surface area contributed by atoms with Crippen molar-refractivity contribution in [2.75, 3.05) is 43.4 Å². The zero-order valence-corrected chi connectivity index (χ0v) is 23.9. The highest BCUT2D eigenvalue weighted by atomic mass is 19.4. The maximum atomic E-state index is 16.6. The second-order valence-corrected chi connectivity index (χ2v) is 12.3. The summed E-state index contributed by atoms with van der Waals surface area (Å²) in [5.41, 5.74) is -2.16. The molecule has 16 heteroatoms. The first kappa shape index (κ1) is 30.1. The van der Waals surface area contributed by atoms with E-state index in [-0.39, 0.29) is 56.1 Å². The lowest BCUT2D eigenvalue weighted by Gasteiger charge is -2.47. The second kappa shape index (κ2) is 10.2. The Kier molecular flexibility index (Phi) is 6.86. The number of rotatable bonds is 5. The Morgan fingerprint density at radius 3 is 2.42 bits per heavy atom. The average Bonchev–Trinajstić information content (AvgIpc) is 3.45. The van der Waals surface area contributed by atoms with E-state index >= 15 is 4.39 Å². The number of nitrogens with two attached hydrogens (primary N) is 1. The summed E-state index contributed by atoms with van der Waals surface area (Å²) in [5, 5.41) is -0.364. The number of alkyl halides is 7. The molecule has 5 saturated heterocycles. The first-order chi connectivity index (χ1) is 21.1. The van der Waals surface area contributed by atoms with E-state index in [4.69, 9.17) is 15.2 Å². The number of hydrogen-bond donors (Lipinski definition) is 1. The summed E-state index contributed by atoms with van der Waals surface area (Å²) in [6, 6.07) is 1.01. The first-order valence-electron chi connectivity index (χ1n) is 14.5. The fourth-order valence-electron chi connectivity index (χ4n) is 7.36. The quantitative estimate of drug-likeness (QED) is 0.355. The van der Waals surface area contributed by atoms with Crippen molar-refractivity contribution >= 4 is 22.5 Å². The van der Waals surface area contributed by atoms with Gasteiger partial charge >= 0.3 is 18.4 Å². The standard InChI is InChI=1S/C29H28F8N6O2/c1-13-5-19(38)39-24(21(13)29(35,36)37)20-18(28(32,33)34)7-17-23(22(20)31)40-26(41-25(17)42-10-15-6-16(11-42)45-15)44-12-27-3-2-4-43(27)9-14(30)8-27/h5,7,14-16H,2-4,6,8-12H2,1H3,(H2,38,39).